The van der Waals surface area contributed by atoms with Crippen molar-refractivity contribution in [3.63, 3.8) is 0 Å². The number of aryl methyl sites for hydroxylation is 1. The molecule has 1 atom stereocenters. The maximum atomic E-state index is 13.7. The van der Waals surface area contributed by atoms with Crippen LogP contribution >= 0.6 is 0 Å². The molecule has 1 N–H and O–H groups in total. The average molecular weight is 552 g/mol. The van der Waals surface area contributed by atoms with Crippen LogP contribution in [0.15, 0.2) is 78.9 Å². The van der Waals surface area contributed by atoms with E-state index in [1.807, 2.05) is 61.5 Å². The molecule has 208 valence electrons. The predicted molar refractivity (Wildman–Crippen MR) is 154 cm³/mol. The summed E-state index contributed by atoms with van der Waals surface area (Å²) in [6, 6.07) is 23.5. The van der Waals surface area contributed by atoms with Crippen LogP contribution in [-0.4, -0.2) is 58.1 Å². The highest BCUT2D eigenvalue weighted by Gasteiger charge is 2.30. The van der Waals surface area contributed by atoms with Gasteiger partial charge in [0.15, 0.2) is 0 Å². The second kappa shape index (κ2) is 13.8. The first-order valence-electron chi connectivity index (χ1n) is 12.8. The van der Waals surface area contributed by atoms with E-state index in [2.05, 4.69) is 5.32 Å². The number of nitrogens with zero attached hydrogens (tertiary/aromatic N) is 2. The average Bonchev–Trinajstić information content (AvgIpc) is 2.92. The van der Waals surface area contributed by atoms with Gasteiger partial charge in [-0.15, -0.1) is 0 Å². The fraction of sp³-hybridized carbons (Fsp3) is 0.333. The third kappa shape index (κ3) is 8.58. The summed E-state index contributed by atoms with van der Waals surface area (Å²) in [5.74, 6) is 0.0602. The lowest BCUT2D eigenvalue weighted by molar-refractivity contribution is -0.141. The zero-order valence-electron chi connectivity index (χ0n) is 23.0. The van der Waals surface area contributed by atoms with Crippen molar-refractivity contribution < 1.29 is 22.7 Å². The van der Waals surface area contributed by atoms with E-state index in [0.717, 1.165) is 22.9 Å². The highest BCUT2D eigenvalue weighted by atomic mass is 32.2. The monoisotopic (exact) mass is 551 g/mol. The molecule has 0 aliphatic rings. The van der Waals surface area contributed by atoms with Gasteiger partial charge in [-0.1, -0.05) is 66.2 Å². The van der Waals surface area contributed by atoms with E-state index in [1.54, 1.807) is 36.2 Å². The van der Waals surface area contributed by atoms with Crippen molar-refractivity contribution in [3.8, 4) is 5.75 Å². The number of carbonyl (C=O) groups is 2. The summed E-state index contributed by atoms with van der Waals surface area (Å²) in [6.45, 7) is 2.35. The first-order valence-corrected chi connectivity index (χ1v) is 14.7. The van der Waals surface area contributed by atoms with Gasteiger partial charge in [0, 0.05) is 39.0 Å². The van der Waals surface area contributed by atoms with Gasteiger partial charge in [0.05, 0.1) is 19.1 Å². The topological polar surface area (TPSA) is 96.0 Å². The van der Waals surface area contributed by atoms with Crippen molar-refractivity contribution >= 4 is 27.5 Å². The van der Waals surface area contributed by atoms with Crippen LogP contribution in [0.1, 0.15) is 29.5 Å². The Morgan fingerprint density at radius 3 is 2.28 bits per heavy atom. The third-order valence-electron chi connectivity index (χ3n) is 6.45. The van der Waals surface area contributed by atoms with E-state index in [0.29, 0.717) is 17.9 Å². The maximum absolute atomic E-state index is 13.7. The third-order valence-corrected chi connectivity index (χ3v) is 7.64. The minimum Gasteiger partial charge on any atom is -0.497 e. The van der Waals surface area contributed by atoms with E-state index in [9.17, 15) is 18.0 Å². The van der Waals surface area contributed by atoms with Crippen molar-refractivity contribution in [1.82, 2.24) is 10.2 Å². The van der Waals surface area contributed by atoms with Crippen LogP contribution in [0.2, 0.25) is 0 Å². The molecule has 0 saturated heterocycles. The molecule has 3 rings (SSSR count). The summed E-state index contributed by atoms with van der Waals surface area (Å²) < 4.78 is 31.7. The molecule has 0 radical (unpaired) electrons. The van der Waals surface area contributed by atoms with E-state index >= 15 is 0 Å². The standard InChI is InChI=1S/C30H37N3O5S/c1-23-11-8-14-25(19-23)22-32(28(30(35)31-2)20-24-12-6-5-7-13-24)29(34)17-10-18-33(39(4,36)37)26-15-9-16-27(21-26)38-3/h5-9,11-16,19,21,28H,10,17-18,20,22H2,1-4H3,(H,31,35)/t28-/m0/s1. The lowest BCUT2D eigenvalue weighted by atomic mass is 10.0. The van der Waals surface area contributed by atoms with E-state index in [1.165, 1.54) is 11.4 Å². The number of methoxy groups -OCH3 is 1. The highest BCUT2D eigenvalue weighted by Crippen LogP contribution is 2.24. The molecular weight excluding hydrogens is 514 g/mol. The van der Waals surface area contributed by atoms with Crippen LogP contribution < -0.4 is 14.4 Å². The van der Waals surface area contributed by atoms with Crippen LogP contribution in [-0.2, 0) is 32.6 Å². The fourth-order valence-corrected chi connectivity index (χ4v) is 5.45. The number of benzene rings is 3. The van der Waals surface area contributed by atoms with Gasteiger partial charge in [-0.2, -0.15) is 0 Å². The van der Waals surface area contributed by atoms with Gasteiger partial charge >= 0.3 is 0 Å². The number of hydrogen-bond acceptors (Lipinski definition) is 5. The zero-order chi connectivity index (χ0) is 28.4. The Hall–Kier alpha value is -3.85. The molecule has 39 heavy (non-hydrogen) atoms. The molecule has 0 aromatic heterocycles. The van der Waals surface area contributed by atoms with E-state index in [4.69, 9.17) is 4.74 Å². The minimum atomic E-state index is -3.60. The minimum absolute atomic E-state index is 0.0735. The van der Waals surface area contributed by atoms with Crippen molar-refractivity contribution in [2.75, 3.05) is 31.3 Å². The summed E-state index contributed by atoms with van der Waals surface area (Å²) in [5.41, 5.74) is 3.38. The second-order valence-corrected chi connectivity index (χ2v) is 11.4. The number of hydrogen-bond donors (Lipinski definition) is 1. The van der Waals surface area contributed by atoms with Gasteiger partial charge in [0.25, 0.3) is 0 Å². The van der Waals surface area contributed by atoms with Gasteiger partial charge in [-0.05, 0) is 36.6 Å². The Balaban J connectivity index is 1.85. The number of amides is 2. The maximum Gasteiger partial charge on any atom is 0.242 e. The molecule has 3 aromatic rings. The quantitative estimate of drug-likeness (QED) is 0.347. The molecule has 0 unspecified atom stereocenters. The molecule has 8 nitrogen and oxygen atoms in total. The summed E-state index contributed by atoms with van der Waals surface area (Å²) >= 11 is 0. The Kier molecular flexibility index (Phi) is 10.5. The van der Waals surface area contributed by atoms with Crippen molar-refractivity contribution in [2.24, 2.45) is 0 Å². The lowest BCUT2D eigenvalue weighted by Gasteiger charge is -2.31. The smallest absolute Gasteiger partial charge is 0.242 e. The number of carbonyl (C=O) groups excluding carboxylic acids is 2. The molecule has 9 heteroatoms. The molecule has 0 saturated carbocycles. The number of rotatable bonds is 13. The van der Waals surface area contributed by atoms with Gasteiger partial charge in [0.1, 0.15) is 11.8 Å². The van der Waals surface area contributed by atoms with Gasteiger partial charge in [0.2, 0.25) is 21.8 Å². The lowest BCUT2D eigenvalue weighted by Crippen LogP contribution is -2.49. The molecule has 0 aliphatic carbocycles. The molecular formula is C30H37N3O5S. The van der Waals surface area contributed by atoms with Gasteiger partial charge < -0.3 is 15.0 Å². The van der Waals surface area contributed by atoms with E-state index < -0.39 is 16.1 Å². The molecule has 0 fully saturated rings. The molecule has 2 amide bonds. The van der Waals surface area contributed by atoms with Crippen molar-refractivity contribution in [2.45, 2.75) is 38.8 Å². The molecule has 0 aliphatic heterocycles. The van der Waals surface area contributed by atoms with Crippen LogP contribution in [0.25, 0.3) is 0 Å². The molecule has 0 bridgehead atoms. The SMILES string of the molecule is CNC(=O)[C@H](Cc1ccccc1)N(Cc1cccc(C)c1)C(=O)CCCN(c1cccc(OC)c1)S(C)(=O)=O. The number of nitrogens with one attached hydrogen (secondary N) is 1. The van der Waals surface area contributed by atoms with Crippen LogP contribution in [0.5, 0.6) is 5.75 Å². The van der Waals surface area contributed by atoms with Crippen LogP contribution in [0.4, 0.5) is 5.69 Å². The first kappa shape index (κ1) is 29.7. The van der Waals surface area contributed by atoms with Crippen LogP contribution in [0, 0.1) is 6.92 Å². The van der Waals surface area contributed by atoms with Gasteiger partial charge in [-0.3, -0.25) is 13.9 Å². The summed E-state index contributed by atoms with van der Waals surface area (Å²) in [4.78, 5) is 28.4. The van der Waals surface area contributed by atoms with Crippen LogP contribution in [0.3, 0.4) is 0 Å². The largest absolute Gasteiger partial charge is 0.497 e. The Bertz CT molecular complexity index is 1360. The second-order valence-electron chi connectivity index (χ2n) is 9.47. The number of anilines is 1. The fourth-order valence-electron chi connectivity index (χ4n) is 4.50. The highest BCUT2D eigenvalue weighted by molar-refractivity contribution is 7.92. The molecule has 0 spiro atoms. The summed E-state index contributed by atoms with van der Waals surface area (Å²) in [6.07, 6.45) is 1.85. The predicted octanol–water partition coefficient (Wildman–Crippen LogP) is 3.94. The van der Waals surface area contributed by atoms with Gasteiger partial charge in [-0.25, -0.2) is 8.42 Å². The normalized spacial score (nSPS) is 11.9. The Labute approximate surface area is 231 Å². The number of ether oxygens (including phenoxy) is 1. The van der Waals surface area contributed by atoms with Crippen molar-refractivity contribution in [3.05, 3.63) is 95.6 Å². The number of sulfonamides is 1. The first-order chi connectivity index (χ1) is 18.6. The molecule has 0 heterocycles. The zero-order valence-corrected chi connectivity index (χ0v) is 23.8. The summed E-state index contributed by atoms with van der Waals surface area (Å²) in [7, 11) is -0.519. The number of likely N-dealkylation sites (N-methyl/N-ethyl adjacent to an activating group) is 1. The van der Waals surface area contributed by atoms with E-state index in [-0.39, 0.29) is 37.7 Å². The molecule has 3 aromatic carbocycles. The Morgan fingerprint density at radius 2 is 1.64 bits per heavy atom. The Morgan fingerprint density at radius 1 is 0.949 bits per heavy atom. The van der Waals surface area contributed by atoms with Crippen molar-refractivity contribution in [1.29, 1.82) is 0 Å². The summed E-state index contributed by atoms with van der Waals surface area (Å²) in [5, 5.41) is 2.71.